The van der Waals surface area contributed by atoms with Crippen molar-refractivity contribution in [3.8, 4) is 11.6 Å². The average molecular weight is 448 g/mol. The van der Waals surface area contributed by atoms with Crippen LogP contribution in [0, 0.1) is 0 Å². The van der Waals surface area contributed by atoms with Gasteiger partial charge in [0.15, 0.2) is 0 Å². The Labute approximate surface area is 180 Å². The Morgan fingerprint density at radius 3 is 2.44 bits per heavy atom. The molecule has 0 radical (unpaired) electrons. The Bertz CT molecular complexity index is 1100. The standard InChI is InChI=1S/C19H19F3N8O2/c1-29(12-5-3-2-4-6-12)18-26-13(25-17(23)27-18)14-24-15(32-28-14)11-7-9-30(10-8-11)16(31)19(20,21)22/h2-6,11H,7-10H2,1H3,(H2,23,25,26,27). The molecule has 0 aliphatic carbocycles. The van der Waals surface area contributed by atoms with Gasteiger partial charge >= 0.3 is 12.1 Å². The van der Waals surface area contributed by atoms with Crippen LogP contribution >= 0.6 is 0 Å². The monoisotopic (exact) mass is 448 g/mol. The summed E-state index contributed by atoms with van der Waals surface area (Å²) in [6.45, 7) is -0.100. The van der Waals surface area contributed by atoms with Crippen LogP contribution in [-0.2, 0) is 4.79 Å². The number of likely N-dealkylation sites (tertiary alicyclic amines) is 1. The number of anilines is 3. The molecule has 1 fully saturated rings. The van der Waals surface area contributed by atoms with Gasteiger partial charge in [0.05, 0.1) is 0 Å². The topological polar surface area (TPSA) is 127 Å². The number of para-hydroxylation sites is 1. The lowest BCUT2D eigenvalue weighted by Crippen LogP contribution is -2.45. The molecule has 2 aromatic heterocycles. The molecule has 0 spiro atoms. The molecule has 2 N–H and O–H groups in total. The lowest BCUT2D eigenvalue weighted by molar-refractivity contribution is -0.186. The fourth-order valence-corrected chi connectivity index (χ4v) is 3.40. The minimum Gasteiger partial charge on any atom is -0.368 e. The van der Waals surface area contributed by atoms with Crippen LogP contribution in [0.25, 0.3) is 11.6 Å². The highest BCUT2D eigenvalue weighted by Crippen LogP contribution is 2.30. The van der Waals surface area contributed by atoms with Crippen molar-refractivity contribution in [3.63, 3.8) is 0 Å². The lowest BCUT2D eigenvalue weighted by atomic mass is 9.96. The van der Waals surface area contributed by atoms with E-state index in [2.05, 4.69) is 25.1 Å². The highest BCUT2D eigenvalue weighted by Gasteiger charge is 2.43. The molecule has 0 atom stereocenters. The number of rotatable bonds is 4. The first-order chi connectivity index (χ1) is 15.2. The highest BCUT2D eigenvalue weighted by molar-refractivity contribution is 5.81. The van der Waals surface area contributed by atoms with E-state index in [0.717, 1.165) is 10.6 Å². The number of alkyl halides is 3. The molecule has 1 saturated heterocycles. The van der Waals surface area contributed by atoms with Crippen LogP contribution in [0.3, 0.4) is 0 Å². The third-order valence-corrected chi connectivity index (χ3v) is 5.10. The quantitative estimate of drug-likeness (QED) is 0.640. The largest absolute Gasteiger partial charge is 0.471 e. The molecule has 0 saturated carbocycles. The van der Waals surface area contributed by atoms with Gasteiger partial charge in [-0.05, 0) is 25.0 Å². The SMILES string of the molecule is CN(c1ccccc1)c1nc(N)nc(-c2noc(C3CCN(C(=O)C(F)(F)F)CC3)n2)n1. The van der Waals surface area contributed by atoms with E-state index in [1.54, 1.807) is 11.9 Å². The van der Waals surface area contributed by atoms with Crippen LogP contribution in [0.4, 0.5) is 30.8 Å². The van der Waals surface area contributed by atoms with E-state index in [1.165, 1.54) is 0 Å². The average Bonchev–Trinajstić information content (AvgIpc) is 3.28. The molecular formula is C19H19F3N8O2. The van der Waals surface area contributed by atoms with Crippen molar-refractivity contribution in [1.82, 2.24) is 30.0 Å². The fraction of sp³-hybridized carbons (Fsp3) is 0.368. The van der Waals surface area contributed by atoms with Gasteiger partial charge in [0, 0.05) is 31.7 Å². The van der Waals surface area contributed by atoms with Crippen LogP contribution in [0.2, 0.25) is 0 Å². The zero-order valence-electron chi connectivity index (χ0n) is 17.0. The molecule has 168 valence electrons. The molecule has 3 heterocycles. The number of nitrogen functional groups attached to an aromatic ring is 1. The molecule has 4 rings (SSSR count). The van der Waals surface area contributed by atoms with Gasteiger partial charge in [-0.15, -0.1) is 0 Å². The van der Waals surface area contributed by atoms with E-state index in [-0.39, 0.29) is 61.3 Å². The van der Waals surface area contributed by atoms with Crippen LogP contribution in [0.5, 0.6) is 0 Å². The molecule has 1 amide bonds. The molecule has 10 nitrogen and oxygen atoms in total. The van der Waals surface area contributed by atoms with E-state index in [1.807, 2.05) is 30.3 Å². The van der Waals surface area contributed by atoms with Crippen molar-refractivity contribution in [2.75, 3.05) is 30.8 Å². The van der Waals surface area contributed by atoms with E-state index in [9.17, 15) is 18.0 Å². The number of hydrogen-bond acceptors (Lipinski definition) is 9. The molecule has 0 unspecified atom stereocenters. The second-order valence-corrected chi connectivity index (χ2v) is 7.23. The summed E-state index contributed by atoms with van der Waals surface area (Å²) in [6.07, 6.45) is -4.34. The molecule has 1 aliphatic rings. The summed E-state index contributed by atoms with van der Waals surface area (Å²) < 4.78 is 43.1. The van der Waals surface area contributed by atoms with E-state index in [0.29, 0.717) is 0 Å². The number of hydrogen-bond donors (Lipinski definition) is 1. The molecule has 3 aromatic rings. The van der Waals surface area contributed by atoms with Gasteiger partial charge in [0.2, 0.25) is 29.4 Å². The zero-order valence-corrected chi connectivity index (χ0v) is 17.0. The summed E-state index contributed by atoms with van der Waals surface area (Å²) in [5, 5.41) is 3.90. The number of carbonyl (C=O) groups excluding carboxylic acids is 1. The van der Waals surface area contributed by atoms with Crippen molar-refractivity contribution < 1.29 is 22.5 Å². The van der Waals surface area contributed by atoms with Gasteiger partial charge in [-0.25, -0.2) is 0 Å². The van der Waals surface area contributed by atoms with Crippen molar-refractivity contribution in [2.45, 2.75) is 24.9 Å². The Hall–Kier alpha value is -3.77. The summed E-state index contributed by atoms with van der Waals surface area (Å²) in [5.41, 5.74) is 6.67. The first kappa shape index (κ1) is 21.5. The second-order valence-electron chi connectivity index (χ2n) is 7.23. The third-order valence-electron chi connectivity index (χ3n) is 5.10. The smallest absolute Gasteiger partial charge is 0.368 e. The highest BCUT2D eigenvalue weighted by atomic mass is 19.4. The molecule has 0 bridgehead atoms. The molecular weight excluding hydrogens is 429 g/mol. The van der Waals surface area contributed by atoms with Crippen LogP contribution in [0.15, 0.2) is 34.9 Å². The van der Waals surface area contributed by atoms with Crippen molar-refractivity contribution in [2.24, 2.45) is 0 Å². The maximum absolute atomic E-state index is 12.6. The Morgan fingerprint density at radius 1 is 1.09 bits per heavy atom. The summed E-state index contributed by atoms with van der Waals surface area (Å²) in [6, 6.07) is 9.38. The summed E-state index contributed by atoms with van der Waals surface area (Å²) >= 11 is 0. The van der Waals surface area contributed by atoms with Crippen LogP contribution < -0.4 is 10.6 Å². The Kier molecular flexibility index (Phi) is 5.63. The molecule has 1 aromatic carbocycles. The zero-order chi connectivity index (χ0) is 22.9. The van der Waals surface area contributed by atoms with Crippen molar-refractivity contribution >= 4 is 23.5 Å². The van der Waals surface area contributed by atoms with Crippen molar-refractivity contribution in [1.29, 1.82) is 0 Å². The first-order valence-corrected chi connectivity index (χ1v) is 9.73. The van der Waals surface area contributed by atoms with Crippen LogP contribution in [0.1, 0.15) is 24.7 Å². The van der Waals surface area contributed by atoms with Crippen molar-refractivity contribution in [3.05, 3.63) is 36.2 Å². The maximum Gasteiger partial charge on any atom is 0.471 e. The summed E-state index contributed by atoms with van der Waals surface area (Å²) in [5.74, 6) is -1.42. The van der Waals surface area contributed by atoms with Gasteiger partial charge in [-0.2, -0.15) is 33.1 Å². The fourth-order valence-electron chi connectivity index (χ4n) is 3.40. The summed E-state index contributed by atoms with van der Waals surface area (Å²) in [7, 11) is 1.77. The number of benzene rings is 1. The minimum absolute atomic E-state index is 0.0295. The normalized spacial score (nSPS) is 15.1. The number of halogens is 3. The van der Waals surface area contributed by atoms with E-state index < -0.39 is 12.1 Å². The number of aromatic nitrogens is 5. The Morgan fingerprint density at radius 2 is 1.78 bits per heavy atom. The number of nitrogens with two attached hydrogens (primary N) is 1. The van der Waals surface area contributed by atoms with Gasteiger partial charge in [0.25, 0.3) is 0 Å². The predicted octanol–water partition coefficient (Wildman–Crippen LogP) is 2.54. The number of carbonyl (C=O) groups is 1. The predicted molar refractivity (Wildman–Crippen MR) is 107 cm³/mol. The molecule has 32 heavy (non-hydrogen) atoms. The molecule has 13 heteroatoms. The molecule has 1 aliphatic heterocycles. The van der Waals surface area contributed by atoms with Gasteiger partial charge < -0.3 is 20.1 Å². The minimum atomic E-state index is -4.88. The van der Waals surface area contributed by atoms with Crippen LogP contribution in [-0.4, -0.2) is 62.2 Å². The number of amides is 1. The van der Waals surface area contributed by atoms with E-state index in [4.69, 9.17) is 10.3 Å². The maximum atomic E-state index is 12.6. The lowest BCUT2D eigenvalue weighted by Gasteiger charge is -2.30. The summed E-state index contributed by atoms with van der Waals surface area (Å²) in [4.78, 5) is 30.8. The number of nitrogens with zero attached hydrogens (tertiary/aromatic N) is 7. The van der Waals surface area contributed by atoms with Gasteiger partial charge in [0.1, 0.15) is 0 Å². The van der Waals surface area contributed by atoms with Gasteiger partial charge in [-0.1, -0.05) is 23.4 Å². The third kappa shape index (κ3) is 4.45. The first-order valence-electron chi connectivity index (χ1n) is 9.73. The number of piperidine rings is 1. The second kappa shape index (κ2) is 8.40. The van der Waals surface area contributed by atoms with Gasteiger partial charge in [-0.3, -0.25) is 4.79 Å². The Balaban J connectivity index is 1.50. The van der Waals surface area contributed by atoms with E-state index >= 15 is 0 Å².